The molecule has 2 rings (SSSR count). The average molecular weight is 330 g/mol. The fraction of sp³-hybridized carbons (Fsp3) is 0.333. The second kappa shape index (κ2) is 6.74. The Morgan fingerprint density at radius 2 is 2.32 bits per heavy atom. The van der Waals surface area contributed by atoms with E-state index in [1.807, 2.05) is 0 Å². The van der Waals surface area contributed by atoms with Crippen LogP contribution in [0.1, 0.15) is 5.89 Å². The minimum atomic E-state index is -0.325. The first kappa shape index (κ1) is 14.1. The average Bonchev–Trinajstić information content (AvgIpc) is 2.87. The molecule has 0 unspecified atom stereocenters. The van der Waals surface area contributed by atoms with Crippen molar-refractivity contribution in [3.8, 4) is 11.4 Å². The number of aromatic nitrogens is 2. The van der Waals surface area contributed by atoms with Crippen LogP contribution < -0.4 is 5.32 Å². The van der Waals surface area contributed by atoms with Gasteiger partial charge < -0.3 is 14.6 Å². The van der Waals surface area contributed by atoms with E-state index in [4.69, 9.17) is 9.26 Å². The number of benzene rings is 1. The number of nitrogens with zero attached hydrogens (tertiary/aromatic N) is 2. The van der Waals surface area contributed by atoms with Crippen LogP contribution in [0.25, 0.3) is 11.4 Å². The Hall–Kier alpha value is -1.31. The summed E-state index contributed by atoms with van der Waals surface area (Å²) in [5.41, 5.74) is 0.695. The lowest BCUT2D eigenvalue weighted by atomic mass is 10.2. The highest BCUT2D eigenvalue weighted by atomic mass is 79.9. The highest BCUT2D eigenvalue weighted by Crippen LogP contribution is 2.23. The minimum absolute atomic E-state index is 0.325. The standard InChI is InChI=1S/C12H13BrFN3O2/c1-18-5-4-15-7-11-16-12(17-19-11)8-2-3-10(14)9(13)6-8/h2-3,6,15H,4-5,7H2,1H3. The van der Waals surface area contributed by atoms with Crippen LogP contribution in [0, 0.1) is 5.82 Å². The summed E-state index contributed by atoms with van der Waals surface area (Å²) in [6.45, 7) is 1.79. The van der Waals surface area contributed by atoms with Crippen molar-refractivity contribution in [2.75, 3.05) is 20.3 Å². The Kier molecular flexibility index (Phi) is 5.00. The van der Waals surface area contributed by atoms with Crippen LogP contribution in [0.3, 0.4) is 0 Å². The largest absolute Gasteiger partial charge is 0.383 e. The fourth-order valence-electron chi connectivity index (χ4n) is 1.45. The molecule has 0 aliphatic rings. The first-order chi connectivity index (χ1) is 9.20. The summed E-state index contributed by atoms with van der Waals surface area (Å²) >= 11 is 3.12. The van der Waals surface area contributed by atoms with Crippen LogP contribution in [-0.2, 0) is 11.3 Å². The maximum absolute atomic E-state index is 13.1. The van der Waals surface area contributed by atoms with Gasteiger partial charge in [-0.2, -0.15) is 4.98 Å². The lowest BCUT2D eigenvalue weighted by molar-refractivity contribution is 0.197. The lowest BCUT2D eigenvalue weighted by Crippen LogP contribution is -2.18. The molecule has 0 amide bonds. The zero-order valence-corrected chi connectivity index (χ0v) is 11.9. The molecule has 0 bridgehead atoms. The number of halogens is 2. The van der Waals surface area contributed by atoms with Gasteiger partial charge in [0.15, 0.2) is 0 Å². The second-order valence-electron chi connectivity index (χ2n) is 3.81. The minimum Gasteiger partial charge on any atom is -0.383 e. The molecule has 0 saturated carbocycles. The van der Waals surface area contributed by atoms with Crippen molar-refractivity contribution < 1.29 is 13.7 Å². The topological polar surface area (TPSA) is 60.2 Å². The summed E-state index contributed by atoms with van der Waals surface area (Å²) in [6.07, 6.45) is 0. The summed E-state index contributed by atoms with van der Waals surface area (Å²) < 4.78 is 23.5. The normalized spacial score (nSPS) is 10.9. The molecular formula is C12H13BrFN3O2. The highest BCUT2D eigenvalue weighted by Gasteiger charge is 2.10. The maximum atomic E-state index is 13.1. The molecule has 0 saturated heterocycles. The van der Waals surface area contributed by atoms with Crippen LogP contribution in [0.4, 0.5) is 4.39 Å². The van der Waals surface area contributed by atoms with Gasteiger partial charge in [0.1, 0.15) is 5.82 Å². The van der Waals surface area contributed by atoms with Gasteiger partial charge in [-0.1, -0.05) is 5.16 Å². The third-order valence-corrected chi connectivity index (χ3v) is 3.01. The third kappa shape index (κ3) is 3.82. The summed E-state index contributed by atoms with van der Waals surface area (Å²) in [4.78, 5) is 4.22. The van der Waals surface area contributed by atoms with E-state index in [1.54, 1.807) is 19.2 Å². The molecule has 7 heteroatoms. The molecule has 0 aliphatic carbocycles. The van der Waals surface area contributed by atoms with E-state index in [9.17, 15) is 4.39 Å². The third-order valence-electron chi connectivity index (χ3n) is 2.41. The predicted molar refractivity (Wildman–Crippen MR) is 71.0 cm³/mol. The van der Waals surface area contributed by atoms with E-state index in [-0.39, 0.29) is 5.82 Å². The summed E-state index contributed by atoms with van der Waals surface area (Å²) in [5.74, 6) is 0.587. The summed E-state index contributed by atoms with van der Waals surface area (Å²) in [5, 5.41) is 6.95. The number of methoxy groups -OCH3 is 1. The van der Waals surface area contributed by atoms with Gasteiger partial charge >= 0.3 is 0 Å². The SMILES string of the molecule is COCCNCc1nc(-c2ccc(F)c(Br)c2)no1. The van der Waals surface area contributed by atoms with E-state index in [2.05, 4.69) is 31.4 Å². The quantitative estimate of drug-likeness (QED) is 0.824. The first-order valence-electron chi connectivity index (χ1n) is 5.68. The summed E-state index contributed by atoms with van der Waals surface area (Å²) in [7, 11) is 1.64. The lowest BCUT2D eigenvalue weighted by Gasteiger charge is -1.99. The van der Waals surface area contributed by atoms with E-state index >= 15 is 0 Å². The Labute approximate surface area is 118 Å². The zero-order chi connectivity index (χ0) is 13.7. The van der Waals surface area contributed by atoms with Crippen LogP contribution >= 0.6 is 15.9 Å². The number of nitrogens with one attached hydrogen (secondary N) is 1. The van der Waals surface area contributed by atoms with Gasteiger partial charge in [-0.05, 0) is 34.1 Å². The zero-order valence-electron chi connectivity index (χ0n) is 10.3. The van der Waals surface area contributed by atoms with Gasteiger partial charge in [-0.15, -0.1) is 0 Å². The molecule has 0 aliphatic heterocycles. The molecule has 19 heavy (non-hydrogen) atoms. The molecule has 2 aromatic rings. The number of rotatable bonds is 6. The molecule has 5 nitrogen and oxygen atoms in total. The molecule has 1 N–H and O–H groups in total. The molecule has 102 valence electrons. The predicted octanol–water partition coefficient (Wildman–Crippen LogP) is 2.37. The van der Waals surface area contributed by atoms with Crippen LogP contribution in [0.2, 0.25) is 0 Å². The van der Waals surface area contributed by atoms with Crippen LogP contribution in [0.5, 0.6) is 0 Å². The molecule has 1 heterocycles. The van der Waals surface area contributed by atoms with Crippen molar-refractivity contribution in [1.82, 2.24) is 15.5 Å². The van der Waals surface area contributed by atoms with Crippen molar-refractivity contribution in [2.45, 2.75) is 6.54 Å². The van der Waals surface area contributed by atoms with Crippen LogP contribution in [0.15, 0.2) is 27.2 Å². The Bertz CT molecular complexity index is 548. The monoisotopic (exact) mass is 329 g/mol. The first-order valence-corrected chi connectivity index (χ1v) is 6.47. The maximum Gasteiger partial charge on any atom is 0.240 e. The Balaban J connectivity index is 2.01. The molecule has 0 fully saturated rings. The van der Waals surface area contributed by atoms with Gasteiger partial charge in [0.2, 0.25) is 11.7 Å². The van der Waals surface area contributed by atoms with Crippen molar-refractivity contribution in [2.24, 2.45) is 0 Å². The molecule has 1 aromatic heterocycles. The van der Waals surface area contributed by atoms with E-state index in [1.165, 1.54) is 6.07 Å². The van der Waals surface area contributed by atoms with Crippen molar-refractivity contribution in [1.29, 1.82) is 0 Å². The Morgan fingerprint density at radius 1 is 1.47 bits per heavy atom. The number of ether oxygens (including phenoxy) is 1. The molecule has 0 radical (unpaired) electrons. The van der Waals surface area contributed by atoms with Gasteiger partial charge in [0, 0.05) is 19.2 Å². The van der Waals surface area contributed by atoms with Crippen LogP contribution in [-0.4, -0.2) is 30.4 Å². The van der Waals surface area contributed by atoms with Crippen molar-refractivity contribution in [3.05, 3.63) is 34.4 Å². The van der Waals surface area contributed by atoms with E-state index < -0.39 is 0 Å². The fourth-order valence-corrected chi connectivity index (χ4v) is 1.83. The molecular weight excluding hydrogens is 317 g/mol. The summed E-state index contributed by atoms with van der Waals surface area (Å²) in [6, 6.07) is 4.57. The van der Waals surface area contributed by atoms with E-state index in [0.717, 1.165) is 0 Å². The van der Waals surface area contributed by atoms with Gasteiger partial charge in [-0.3, -0.25) is 0 Å². The highest BCUT2D eigenvalue weighted by molar-refractivity contribution is 9.10. The van der Waals surface area contributed by atoms with Gasteiger partial charge in [0.25, 0.3) is 0 Å². The molecule has 0 spiro atoms. The second-order valence-corrected chi connectivity index (χ2v) is 4.66. The number of hydrogen-bond donors (Lipinski definition) is 1. The van der Waals surface area contributed by atoms with Crippen molar-refractivity contribution >= 4 is 15.9 Å². The van der Waals surface area contributed by atoms with E-state index in [0.29, 0.717) is 41.4 Å². The number of hydrogen-bond acceptors (Lipinski definition) is 5. The Morgan fingerprint density at radius 3 is 3.05 bits per heavy atom. The van der Waals surface area contributed by atoms with Gasteiger partial charge in [0.05, 0.1) is 17.6 Å². The smallest absolute Gasteiger partial charge is 0.240 e. The van der Waals surface area contributed by atoms with Gasteiger partial charge in [-0.25, -0.2) is 4.39 Å². The van der Waals surface area contributed by atoms with Crippen molar-refractivity contribution in [3.63, 3.8) is 0 Å². The molecule has 1 aromatic carbocycles. The molecule has 0 atom stereocenters.